The van der Waals surface area contributed by atoms with E-state index >= 15 is 0 Å². The Balaban J connectivity index is 1.37. The number of morpholine rings is 1. The van der Waals surface area contributed by atoms with Gasteiger partial charge in [-0.2, -0.15) is 9.29 Å². The molecule has 0 spiro atoms. The molecule has 1 saturated heterocycles. The summed E-state index contributed by atoms with van der Waals surface area (Å²) < 4.78 is 49.8. The van der Waals surface area contributed by atoms with Gasteiger partial charge in [0.1, 0.15) is 13.2 Å². The summed E-state index contributed by atoms with van der Waals surface area (Å²) in [7, 11) is -3.75. The number of nitrogens with zero attached hydrogens (tertiary/aromatic N) is 3. The molecule has 2 aliphatic rings. The van der Waals surface area contributed by atoms with Crippen molar-refractivity contribution in [1.29, 1.82) is 0 Å². The van der Waals surface area contributed by atoms with E-state index in [4.69, 9.17) is 18.7 Å². The number of rotatable bonds is 4. The zero-order chi connectivity index (χ0) is 20.6. The largest absolute Gasteiger partial charge is 0.486 e. The van der Waals surface area contributed by atoms with Gasteiger partial charge in [0.05, 0.1) is 11.5 Å². The Morgan fingerprint density at radius 3 is 2.60 bits per heavy atom. The lowest BCUT2D eigenvalue weighted by atomic mass is 10.2. The molecular weight excluding hydrogens is 410 g/mol. The Morgan fingerprint density at radius 1 is 0.967 bits per heavy atom. The number of aromatic nitrogens is 2. The molecule has 0 saturated carbocycles. The molecule has 1 atom stereocenters. The summed E-state index contributed by atoms with van der Waals surface area (Å²) in [6.45, 7) is 1.36. The molecule has 1 unspecified atom stereocenters. The van der Waals surface area contributed by atoms with Gasteiger partial charge in [-0.1, -0.05) is 35.5 Å². The summed E-state index contributed by atoms with van der Waals surface area (Å²) in [4.78, 5) is 4.53. The van der Waals surface area contributed by atoms with Crippen molar-refractivity contribution in [3.05, 3.63) is 54.4 Å². The van der Waals surface area contributed by atoms with E-state index in [2.05, 4.69) is 10.1 Å². The quantitative estimate of drug-likeness (QED) is 0.622. The molecule has 9 nitrogen and oxygen atoms in total. The minimum Gasteiger partial charge on any atom is -0.486 e. The van der Waals surface area contributed by atoms with E-state index in [9.17, 15) is 8.42 Å². The first-order chi connectivity index (χ1) is 14.6. The molecule has 1 fully saturated rings. The van der Waals surface area contributed by atoms with Crippen LogP contribution in [0.5, 0.6) is 11.5 Å². The van der Waals surface area contributed by atoms with Crippen molar-refractivity contribution in [3.8, 4) is 22.9 Å². The Hall–Kier alpha value is -2.95. The molecule has 0 aliphatic carbocycles. The van der Waals surface area contributed by atoms with Crippen LogP contribution >= 0.6 is 0 Å². The Bertz CT molecular complexity index is 1150. The molecule has 30 heavy (non-hydrogen) atoms. The zero-order valence-electron chi connectivity index (χ0n) is 15.9. The summed E-state index contributed by atoms with van der Waals surface area (Å²) in [6, 6.07) is 14.0. The van der Waals surface area contributed by atoms with E-state index in [0.29, 0.717) is 30.5 Å². The molecule has 0 N–H and O–H groups in total. The smallest absolute Gasteiger partial charge is 0.257 e. The fourth-order valence-electron chi connectivity index (χ4n) is 3.40. The van der Waals surface area contributed by atoms with Crippen LogP contribution in [0.3, 0.4) is 0 Å². The fraction of sp³-hybridized carbons (Fsp3) is 0.300. The van der Waals surface area contributed by atoms with Gasteiger partial charge >= 0.3 is 0 Å². The highest BCUT2D eigenvalue weighted by Gasteiger charge is 2.35. The normalized spacial score (nSPS) is 19.5. The average molecular weight is 429 g/mol. The minimum absolute atomic E-state index is 0.0766. The van der Waals surface area contributed by atoms with E-state index in [1.54, 1.807) is 6.07 Å². The van der Waals surface area contributed by atoms with Gasteiger partial charge in [-0.25, -0.2) is 8.42 Å². The highest BCUT2D eigenvalue weighted by molar-refractivity contribution is 7.89. The maximum atomic E-state index is 13.2. The van der Waals surface area contributed by atoms with Crippen LogP contribution in [0.4, 0.5) is 0 Å². The van der Waals surface area contributed by atoms with Gasteiger partial charge in [-0.05, 0) is 12.1 Å². The summed E-state index contributed by atoms with van der Waals surface area (Å²) in [6.07, 6.45) is -0.643. The molecule has 2 aliphatic heterocycles. The maximum Gasteiger partial charge on any atom is 0.257 e. The van der Waals surface area contributed by atoms with Gasteiger partial charge in [0.2, 0.25) is 15.8 Å². The summed E-state index contributed by atoms with van der Waals surface area (Å²) in [5, 5.41) is 3.99. The van der Waals surface area contributed by atoms with E-state index in [-0.39, 0.29) is 30.5 Å². The summed E-state index contributed by atoms with van der Waals surface area (Å²) in [5.74, 6) is 1.65. The topological polar surface area (TPSA) is 104 Å². The minimum atomic E-state index is -3.75. The number of hydrogen-bond donors (Lipinski definition) is 0. The number of hydrogen-bond acceptors (Lipinski definition) is 8. The van der Waals surface area contributed by atoms with Crippen LogP contribution in [-0.4, -0.2) is 55.8 Å². The molecule has 10 heteroatoms. The van der Waals surface area contributed by atoms with Crippen LogP contribution in [0, 0.1) is 0 Å². The van der Waals surface area contributed by atoms with Gasteiger partial charge in [0.15, 0.2) is 17.6 Å². The molecule has 0 radical (unpaired) electrons. The Kier molecular flexibility index (Phi) is 4.89. The Morgan fingerprint density at radius 2 is 1.77 bits per heavy atom. The number of fused-ring (bicyclic) bond motifs is 1. The third-order valence-electron chi connectivity index (χ3n) is 4.93. The van der Waals surface area contributed by atoms with Crippen LogP contribution < -0.4 is 9.47 Å². The van der Waals surface area contributed by atoms with Gasteiger partial charge in [0.25, 0.3) is 5.89 Å². The molecule has 156 valence electrons. The Labute approximate surface area is 173 Å². The second-order valence-corrected chi connectivity index (χ2v) is 8.79. The van der Waals surface area contributed by atoms with Gasteiger partial charge in [-0.3, -0.25) is 0 Å². The second-order valence-electron chi connectivity index (χ2n) is 6.85. The van der Waals surface area contributed by atoms with Crippen molar-refractivity contribution >= 4 is 10.0 Å². The van der Waals surface area contributed by atoms with E-state index < -0.39 is 16.1 Å². The van der Waals surface area contributed by atoms with Crippen LogP contribution in [0.15, 0.2) is 57.9 Å². The van der Waals surface area contributed by atoms with Gasteiger partial charge in [0, 0.05) is 24.7 Å². The van der Waals surface area contributed by atoms with Crippen molar-refractivity contribution in [3.63, 3.8) is 0 Å². The highest BCUT2D eigenvalue weighted by Crippen LogP contribution is 2.34. The standard InChI is InChI=1S/C20H19N3O6S/c24-30(25,15-6-7-16-17(12-15)28-11-10-27-16)23-8-9-26-18(13-23)20-21-19(22-29-20)14-4-2-1-3-5-14/h1-7,12,18H,8-11,13H2. The summed E-state index contributed by atoms with van der Waals surface area (Å²) in [5.41, 5.74) is 0.809. The monoisotopic (exact) mass is 429 g/mol. The van der Waals surface area contributed by atoms with Crippen molar-refractivity contribution in [1.82, 2.24) is 14.4 Å². The first-order valence-corrected chi connectivity index (χ1v) is 11.0. The van der Waals surface area contributed by atoms with Crippen LogP contribution in [0.25, 0.3) is 11.4 Å². The average Bonchev–Trinajstić information content (AvgIpc) is 3.30. The lowest BCUT2D eigenvalue weighted by molar-refractivity contribution is -0.0199. The maximum absolute atomic E-state index is 13.2. The van der Waals surface area contributed by atoms with Crippen molar-refractivity contribution < 1.29 is 27.2 Å². The lowest BCUT2D eigenvalue weighted by Gasteiger charge is -2.30. The molecule has 3 aromatic rings. The van der Waals surface area contributed by atoms with Crippen LogP contribution in [-0.2, 0) is 14.8 Å². The molecule has 0 bridgehead atoms. The number of ether oxygens (including phenoxy) is 3. The third kappa shape index (κ3) is 3.53. The lowest BCUT2D eigenvalue weighted by Crippen LogP contribution is -2.42. The third-order valence-corrected chi connectivity index (χ3v) is 6.79. The SMILES string of the molecule is O=S(=O)(c1ccc2c(c1)OCCO2)N1CCOC(c2nc(-c3ccccc3)no2)C1. The van der Waals surface area contributed by atoms with Crippen LogP contribution in [0.1, 0.15) is 12.0 Å². The molecule has 3 heterocycles. The number of sulfonamides is 1. The first-order valence-electron chi connectivity index (χ1n) is 9.52. The molecule has 5 rings (SSSR count). The summed E-state index contributed by atoms with van der Waals surface area (Å²) >= 11 is 0. The second kappa shape index (κ2) is 7.71. The molecule has 1 aromatic heterocycles. The van der Waals surface area contributed by atoms with Crippen molar-refractivity contribution in [2.45, 2.75) is 11.0 Å². The number of benzene rings is 2. The molecule has 2 aromatic carbocycles. The van der Waals surface area contributed by atoms with Crippen LogP contribution in [0.2, 0.25) is 0 Å². The first kappa shape index (κ1) is 19.0. The van der Waals surface area contributed by atoms with Crippen molar-refractivity contribution in [2.24, 2.45) is 0 Å². The van der Waals surface area contributed by atoms with Crippen molar-refractivity contribution in [2.75, 3.05) is 32.9 Å². The predicted octanol–water partition coefficient (Wildman–Crippen LogP) is 2.27. The van der Waals surface area contributed by atoms with E-state index in [1.807, 2.05) is 30.3 Å². The van der Waals surface area contributed by atoms with E-state index in [1.165, 1.54) is 16.4 Å². The zero-order valence-corrected chi connectivity index (χ0v) is 16.7. The fourth-order valence-corrected chi connectivity index (χ4v) is 4.84. The molecule has 0 amide bonds. The van der Waals surface area contributed by atoms with Gasteiger partial charge < -0.3 is 18.7 Å². The highest BCUT2D eigenvalue weighted by atomic mass is 32.2. The van der Waals surface area contributed by atoms with E-state index in [0.717, 1.165) is 5.56 Å². The van der Waals surface area contributed by atoms with Gasteiger partial charge in [-0.15, -0.1) is 0 Å². The molecular formula is C20H19N3O6S. The predicted molar refractivity (Wildman–Crippen MR) is 105 cm³/mol.